The van der Waals surface area contributed by atoms with Crippen molar-refractivity contribution in [3.63, 3.8) is 0 Å². The molecule has 0 radical (unpaired) electrons. The fourth-order valence-corrected chi connectivity index (χ4v) is 3.36. The topological polar surface area (TPSA) is 55.9 Å². The number of anilines is 1. The van der Waals surface area contributed by atoms with Gasteiger partial charge in [0, 0.05) is 51.3 Å². The molecule has 1 aromatic carbocycles. The van der Waals surface area contributed by atoms with Gasteiger partial charge in [0.2, 0.25) is 5.91 Å². The van der Waals surface area contributed by atoms with Crippen LogP contribution >= 0.6 is 0 Å². The Kier molecular flexibility index (Phi) is 4.52. The smallest absolute Gasteiger partial charge is 0.317 e. The molecule has 2 fully saturated rings. The predicted molar refractivity (Wildman–Crippen MR) is 89.3 cm³/mol. The minimum absolute atomic E-state index is 0.0600. The molecule has 2 saturated heterocycles. The summed E-state index contributed by atoms with van der Waals surface area (Å²) in [6, 6.07) is 9.38. The number of nitrogens with zero attached hydrogens (tertiary/aromatic N) is 3. The lowest BCUT2D eigenvalue weighted by molar-refractivity contribution is -0.117. The van der Waals surface area contributed by atoms with Crippen LogP contribution in [0.3, 0.4) is 0 Å². The molecule has 1 aromatic rings. The number of carbonyl (C=O) groups is 2. The zero-order valence-electron chi connectivity index (χ0n) is 13.7. The van der Waals surface area contributed by atoms with Crippen LogP contribution in [-0.2, 0) is 4.79 Å². The number of benzene rings is 1. The summed E-state index contributed by atoms with van der Waals surface area (Å²) in [4.78, 5) is 30.1. The van der Waals surface area contributed by atoms with E-state index in [2.05, 4.69) is 17.3 Å². The Hall–Kier alpha value is -2.08. The molecular formula is C17H24N4O2. The number of nitrogens with one attached hydrogen (secondary N) is 1. The summed E-state index contributed by atoms with van der Waals surface area (Å²) < 4.78 is 0. The molecule has 0 aliphatic carbocycles. The van der Waals surface area contributed by atoms with Gasteiger partial charge in [-0.3, -0.25) is 4.79 Å². The van der Waals surface area contributed by atoms with E-state index in [-0.39, 0.29) is 18.0 Å². The quantitative estimate of drug-likeness (QED) is 0.901. The second-order valence-electron chi connectivity index (χ2n) is 6.66. The Morgan fingerprint density at radius 1 is 1.26 bits per heavy atom. The van der Waals surface area contributed by atoms with Crippen molar-refractivity contribution in [3.8, 4) is 0 Å². The molecule has 6 heteroatoms. The molecule has 124 valence electrons. The maximum absolute atomic E-state index is 12.3. The molecular weight excluding hydrogens is 292 g/mol. The van der Waals surface area contributed by atoms with Gasteiger partial charge in [-0.2, -0.15) is 0 Å². The van der Waals surface area contributed by atoms with E-state index in [4.69, 9.17) is 0 Å². The van der Waals surface area contributed by atoms with E-state index in [0.717, 1.165) is 25.3 Å². The normalized spacial score (nSPS) is 22.1. The maximum atomic E-state index is 12.3. The molecule has 2 aliphatic heterocycles. The zero-order valence-corrected chi connectivity index (χ0v) is 13.7. The molecule has 2 heterocycles. The van der Waals surface area contributed by atoms with Crippen LogP contribution in [0.5, 0.6) is 0 Å². The number of amides is 3. The van der Waals surface area contributed by atoms with Crippen molar-refractivity contribution in [2.24, 2.45) is 5.92 Å². The van der Waals surface area contributed by atoms with Crippen molar-refractivity contribution in [1.82, 2.24) is 15.1 Å². The van der Waals surface area contributed by atoms with E-state index in [1.165, 1.54) is 0 Å². The van der Waals surface area contributed by atoms with Gasteiger partial charge in [-0.25, -0.2) is 4.79 Å². The number of likely N-dealkylation sites (tertiary alicyclic amines) is 1. The highest BCUT2D eigenvalue weighted by Gasteiger charge is 2.32. The Morgan fingerprint density at radius 3 is 2.61 bits per heavy atom. The van der Waals surface area contributed by atoms with Gasteiger partial charge in [0.05, 0.1) is 6.04 Å². The summed E-state index contributed by atoms with van der Waals surface area (Å²) in [6.07, 6.45) is 0.362. The number of para-hydroxylation sites is 1. The first-order chi connectivity index (χ1) is 11.0. The average Bonchev–Trinajstić information content (AvgIpc) is 2.87. The van der Waals surface area contributed by atoms with Gasteiger partial charge in [-0.05, 0) is 19.2 Å². The van der Waals surface area contributed by atoms with Gasteiger partial charge >= 0.3 is 6.03 Å². The first-order valence-corrected chi connectivity index (χ1v) is 8.08. The molecule has 3 amide bonds. The maximum Gasteiger partial charge on any atom is 0.317 e. The van der Waals surface area contributed by atoms with Crippen LogP contribution in [0, 0.1) is 5.92 Å². The van der Waals surface area contributed by atoms with Crippen LogP contribution in [0.1, 0.15) is 6.42 Å². The summed E-state index contributed by atoms with van der Waals surface area (Å²) in [5, 5.41) is 2.98. The fraction of sp³-hybridized carbons (Fsp3) is 0.529. The van der Waals surface area contributed by atoms with Gasteiger partial charge in [-0.1, -0.05) is 18.2 Å². The third-order valence-corrected chi connectivity index (χ3v) is 4.54. The summed E-state index contributed by atoms with van der Waals surface area (Å²) in [5.41, 5.74) is 0.889. The zero-order chi connectivity index (χ0) is 16.4. The Labute approximate surface area is 137 Å². The van der Waals surface area contributed by atoms with E-state index in [1.54, 1.807) is 9.80 Å². The van der Waals surface area contributed by atoms with Gasteiger partial charge in [-0.15, -0.1) is 0 Å². The third kappa shape index (κ3) is 3.64. The summed E-state index contributed by atoms with van der Waals surface area (Å²) in [5.74, 6) is 0.617. The second-order valence-corrected chi connectivity index (χ2v) is 6.66. The summed E-state index contributed by atoms with van der Waals surface area (Å²) in [6.45, 7) is 3.39. The number of urea groups is 1. The van der Waals surface area contributed by atoms with Gasteiger partial charge < -0.3 is 20.0 Å². The largest absolute Gasteiger partial charge is 0.333 e. The summed E-state index contributed by atoms with van der Waals surface area (Å²) >= 11 is 0. The Morgan fingerprint density at radius 2 is 1.96 bits per heavy atom. The van der Waals surface area contributed by atoms with Crippen molar-refractivity contribution >= 4 is 17.6 Å². The molecule has 3 rings (SSSR count). The van der Waals surface area contributed by atoms with Crippen LogP contribution in [0.4, 0.5) is 10.5 Å². The molecule has 23 heavy (non-hydrogen) atoms. The molecule has 6 nitrogen and oxygen atoms in total. The van der Waals surface area contributed by atoms with E-state index in [0.29, 0.717) is 18.9 Å². The molecule has 0 aromatic heterocycles. The van der Waals surface area contributed by atoms with Gasteiger partial charge in [0.25, 0.3) is 0 Å². The Bertz CT molecular complexity index is 571. The van der Waals surface area contributed by atoms with Crippen molar-refractivity contribution in [2.45, 2.75) is 12.5 Å². The molecule has 0 spiro atoms. The second kappa shape index (κ2) is 6.58. The number of hydrogen-bond donors (Lipinski definition) is 1. The van der Waals surface area contributed by atoms with Gasteiger partial charge in [0.1, 0.15) is 0 Å². The van der Waals surface area contributed by atoms with Crippen LogP contribution in [0.2, 0.25) is 0 Å². The van der Waals surface area contributed by atoms with Crippen LogP contribution in [-0.4, -0.2) is 68.1 Å². The molecule has 1 unspecified atom stereocenters. The van der Waals surface area contributed by atoms with Crippen LogP contribution in [0.15, 0.2) is 30.3 Å². The van der Waals surface area contributed by atoms with Crippen LogP contribution in [0.25, 0.3) is 0 Å². The molecule has 0 bridgehead atoms. The van der Waals surface area contributed by atoms with E-state index < -0.39 is 0 Å². The molecule has 1 atom stereocenters. The molecule has 2 aliphatic rings. The van der Waals surface area contributed by atoms with E-state index >= 15 is 0 Å². The molecule has 0 saturated carbocycles. The standard InChI is InChI=1S/C17H24N4O2/c1-19-9-13(10-19)11-20(2)17(23)18-14-8-16(22)21(12-14)15-6-4-3-5-7-15/h3-7,13-14H,8-12H2,1-2H3,(H,18,23). The van der Waals surface area contributed by atoms with Gasteiger partial charge in [0.15, 0.2) is 0 Å². The lowest BCUT2D eigenvalue weighted by Gasteiger charge is -2.38. The lowest BCUT2D eigenvalue weighted by Crippen LogP contribution is -2.52. The molecule has 1 N–H and O–H groups in total. The minimum atomic E-state index is -0.123. The summed E-state index contributed by atoms with van der Waals surface area (Å²) in [7, 11) is 3.90. The van der Waals surface area contributed by atoms with Crippen molar-refractivity contribution in [1.29, 1.82) is 0 Å². The SMILES string of the molecule is CN1CC(CN(C)C(=O)NC2CC(=O)N(c3ccccc3)C2)C1. The highest BCUT2D eigenvalue weighted by molar-refractivity contribution is 5.96. The van der Waals surface area contributed by atoms with Crippen LogP contribution < -0.4 is 10.2 Å². The highest BCUT2D eigenvalue weighted by atomic mass is 16.2. The van der Waals surface area contributed by atoms with E-state index in [1.807, 2.05) is 37.4 Å². The first-order valence-electron chi connectivity index (χ1n) is 8.08. The number of hydrogen-bond acceptors (Lipinski definition) is 3. The van der Waals surface area contributed by atoms with E-state index in [9.17, 15) is 9.59 Å². The fourth-order valence-electron chi connectivity index (χ4n) is 3.36. The lowest BCUT2D eigenvalue weighted by atomic mass is 10.0. The predicted octanol–water partition coefficient (Wildman–Crippen LogP) is 0.995. The Balaban J connectivity index is 1.50. The number of carbonyl (C=O) groups excluding carboxylic acids is 2. The monoisotopic (exact) mass is 316 g/mol. The van der Waals surface area contributed by atoms with Crippen molar-refractivity contribution in [2.75, 3.05) is 45.2 Å². The first kappa shape index (κ1) is 15.8. The number of rotatable bonds is 4. The van der Waals surface area contributed by atoms with Crippen molar-refractivity contribution < 1.29 is 9.59 Å². The third-order valence-electron chi connectivity index (χ3n) is 4.54. The average molecular weight is 316 g/mol. The van der Waals surface area contributed by atoms with Crippen molar-refractivity contribution in [3.05, 3.63) is 30.3 Å². The highest BCUT2D eigenvalue weighted by Crippen LogP contribution is 2.21. The minimum Gasteiger partial charge on any atom is -0.333 e.